The number of carbonyl (C=O) groups excluding carboxylic acids is 1. The van der Waals surface area contributed by atoms with Gasteiger partial charge in [0.25, 0.3) is 0 Å². The number of carbonyl (C=O) groups is 1. The Morgan fingerprint density at radius 1 is 0.775 bits per heavy atom. The maximum Gasteiger partial charge on any atom is 0.330 e. The van der Waals surface area contributed by atoms with Crippen molar-refractivity contribution in [2.45, 2.75) is 50.5 Å². The van der Waals surface area contributed by atoms with Crippen molar-refractivity contribution in [2.75, 3.05) is 20.3 Å². The summed E-state index contributed by atoms with van der Waals surface area (Å²) in [4.78, 5) is 11.4. The van der Waals surface area contributed by atoms with Crippen LogP contribution in [-0.4, -0.2) is 62.1 Å². The molecule has 8 nitrogen and oxygen atoms in total. The molecule has 3 unspecified atom stereocenters. The van der Waals surface area contributed by atoms with Gasteiger partial charge in [0.2, 0.25) is 0 Å². The van der Waals surface area contributed by atoms with E-state index in [9.17, 15) is 9.90 Å². The van der Waals surface area contributed by atoms with Crippen molar-refractivity contribution in [3.8, 4) is 0 Å². The largest absolute Gasteiger partial charge is 0.466 e. The topological polar surface area (TPSA) is 92.7 Å². The molecule has 1 aliphatic heterocycles. The summed E-state index contributed by atoms with van der Waals surface area (Å²) in [7, 11) is 1.30. The number of esters is 1. The standard InChI is InChI=1S/C32H36O8/c1-35-28(33)18-11-19-37-32-29(34)31(39-22-26-16-9-4-10-17-26)30(38-21-25-14-7-3-8-15-25)27(40-32)23-36-20-24-12-5-2-6-13-24/h2-18,27,29-32,34H,19-23H2,1H3/b18-11+/t27?,29?,30-,31?,32-/m1/s1. The van der Waals surface area contributed by atoms with Crippen LogP contribution >= 0.6 is 0 Å². The van der Waals surface area contributed by atoms with E-state index < -0.39 is 36.7 Å². The monoisotopic (exact) mass is 548 g/mol. The average Bonchev–Trinajstić information content (AvgIpc) is 3.00. The molecule has 0 aliphatic carbocycles. The quantitative estimate of drug-likeness (QED) is 0.237. The highest BCUT2D eigenvalue weighted by molar-refractivity contribution is 5.81. The Hall–Kier alpha value is -3.37. The molecule has 1 fully saturated rings. The highest BCUT2D eigenvalue weighted by Crippen LogP contribution is 2.29. The molecule has 1 aliphatic rings. The molecule has 212 valence electrons. The lowest BCUT2D eigenvalue weighted by atomic mass is 9.98. The van der Waals surface area contributed by atoms with Crippen LogP contribution in [0.25, 0.3) is 0 Å². The molecule has 3 aromatic carbocycles. The fourth-order valence-electron chi connectivity index (χ4n) is 4.32. The number of ether oxygens (including phenoxy) is 6. The third-order valence-corrected chi connectivity index (χ3v) is 6.39. The van der Waals surface area contributed by atoms with E-state index in [2.05, 4.69) is 4.74 Å². The minimum absolute atomic E-state index is 0.0232. The van der Waals surface area contributed by atoms with Crippen LogP contribution in [0.4, 0.5) is 0 Å². The van der Waals surface area contributed by atoms with Gasteiger partial charge in [-0.3, -0.25) is 0 Å². The summed E-state index contributed by atoms with van der Waals surface area (Å²) >= 11 is 0. The van der Waals surface area contributed by atoms with Gasteiger partial charge in [-0.15, -0.1) is 0 Å². The van der Waals surface area contributed by atoms with Crippen LogP contribution in [0.2, 0.25) is 0 Å². The molecule has 3 aromatic rings. The van der Waals surface area contributed by atoms with E-state index in [1.807, 2.05) is 91.0 Å². The summed E-state index contributed by atoms with van der Waals surface area (Å²) in [5.41, 5.74) is 2.96. The number of methoxy groups -OCH3 is 1. The molecule has 1 saturated heterocycles. The molecule has 0 bridgehead atoms. The second kappa shape index (κ2) is 16.0. The van der Waals surface area contributed by atoms with Crippen molar-refractivity contribution in [3.63, 3.8) is 0 Å². The number of hydrogen-bond acceptors (Lipinski definition) is 8. The van der Waals surface area contributed by atoms with Gasteiger partial charge in [-0.1, -0.05) is 97.1 Å². The van der Waals surface area contributed by atoms with Gasteiger partial charge in [0.05, 0.1) is 40.1 Å². The molecule has 5 atom stereocenters. The van der Waals surface area contributed by atoms with E-state index in [4.69, 9.17) is 23.7 Å². The second-order valence-electron chi connectivity index (χ2n) is 9.32. The summed E-state index contributed by atoms with van der Waals surface area (Å²) in [5, 5.41) is 11.3. The molecule has 0 saturated carbocycles. The molecule has 0 aromatic heterocycles. The Labute approximate surface area is 235 Å². The minimum atomic E-state index is -1.17. The number of aliphatic hydroxyl groups excluding tert-OH is 1. The first kappa shape index (κ1) is 29.6. The van der Waals surface area contributed by atoms with Crippen molar-refractivity contribution in [1.29, 1.82) is 0 Å². The van der Waals surface area contributed by atoms with Crippen LogP contribution in [-0.2, 0) is 53.0 Å². The predicted octanol–water partition coefficient (Wildman–Crippen LogP) is 4.21. The first-order valence-corrected chi connectivity index (χ1v) is 13.3. The van der Waals surface area contributed by atoms with Crippen molar-refractivity contribution >= 4 is 5.97 Å². The number of benzene rings is 3. The summed E-state index contributed by atoms with van der Waals surface area (Å²) < 4.78 is 35.3. The Balaban J connectivity index is 1.51. The van der Waals surface area contributed by atoms with Gasteiger partial charge >= 0.3 is 5.97 Å². The van der Waals surface area contributed by atoms with Crippen LogP contribution in [0, 0.1) is 0 Å². The van der Waals surface area contributed by atoms with Crippen molar-refractivity contribution in [1.82, 2.24) is 0 Å². The van der Waals surface area contributed by atoms with E-state index >= 15 is 0 Å². The van der Waals surface area contributed by atoms with Gasteiger partial charge in [0, 0.05) is 6.08 Å². The Morgan fingerprint density at radius 3 is 1.85 bits per heavy atom. The van der Waals surface area contributed by atoms with E-state index in [0.717, 1.165) is 16.7 Å². The van der Waals surface area contributed by atoms with Gasteiger partial charge < -0.3 is 33.5 Å². The summed E-state index contributed by atoms with van der Waals surface area (Å²) in [6.45, 7) is 1.16. The molecular weight excluding hydrogens is 512 g/mol. The predicted molar refractivity (Wildman–Crippen MR) is 148 cm³/mol. The van der Waals surface area contributed by atoms with Gasteiger partial charge in [-0.25, -0.2) is 4.79 Å². The van der Waals surface area contributed by atoms with Crippen LogP contribution in [0.5, 0.6) is 0 Å². The molecule has 1 N–H and O–H groups in total. The van der Waals surface area contributed by atoms with Crippen LogP contribution in [0.1, 0.15) is 16.7 Å². The zero-order chi connectivity index (χ0) is 28.0. The number of aliphatic hydroxyl groups is 1. The smallest absolute Gasteiger partial charge is 0.330 e. The number of rotatable bonds is 14. The lowest BCUT2D eigenvalue weighted by molar-refractivity contribution is -0.316. The van der Waals surface area contributed by atoms with Gasteiger partial charge in [0.1, 0.15) is 24.4 Å². The molecule has 1 heterocycles. The van der Waals surface area contributed by atoms with Crippen molar-refractivity contribution < 1.29 is 38.3 Å². The first-order chi connectivity index (χ1) is 19.6. The van der Waals surface area contributed by atoms with E-state index in [-0.39, 0.29) is 19.8 Å². The van der Waals surface area contributed by atoms with Gasteiger partial charge in [0.15, 0.2) is 6.29 Å². The first-order valence-electron chi connectivity index (χ1n) is 13.3. The van der Waals surface area contributed by atoms with Crippen LogP contribution in [0.15, 0.2) is 103 Å². The highest BCUT2D eigenvalue weighted by atomic mass is 16.7. The van der Waals surface area contributed by atoms with Crippen LogP contribution in [0.3, 0.4) is 0 Å². The summed E-state index contributed by atoms with van der Waals surface area (Å²) in [5.74, 6) is -0.501. The average molecular weight is 549 g/mol. The highest BCUT2D eigenvalue weighted by Gasteiger charge is 2.47. The molecule has 4 rings (SSSR count). The zero-order valence-corrected chi connectivity index (χ0v) is 22.5. The lowest BCUT2D eigenvalue weighted by Gasteiger charge is -2.44. The summed E-state index contributed by atoms with van der Waals surface area (Å²) in [6.07, 6.45) is -1.49. The molecule has 40 heavy (non-hydrogen) atoms. The Bertz CT molecular complexity index is 1160. The molecular formula is C32H36O8. The minimum Gasteiger partial charge on any atom is -0.466 e. The maximum atomic E-state index is 11.4. The fraction of sp³-hybridized carbons (Fsp3) is 0.344. The van der Waals surface area contributed by atoms with E-state index in [1.165, 1.54) is 19.3 Å². The van der Waals surface area contributed by atoms with Gasteiger partial charge in [-0.05, 0) is 16.7 Å². The number of hydrogen-bond donors (Lipinski definition) is 1. The van der Waals surface area contributed by atoms with Crippen molar-refractivity contribution in [3.05, 3.63) is 120 Å². The zero-order valence-electron chi connectivity index (χ0n) is 22.5. The molecule has 0 radical (unpaired) electrons. The Kier molecular flexibility index (Phi) is 11.9. The third kappa shape index (κ3) is 9.09. The Morgan fingerprint density at radius 2 is 1.30 bits per heavy atom. The SMILES string of the molecule is COC(=O)/C=C/CO[C@@H]1OC(COCc2ccccc2)[C@@H](OCc2ccccc2)C(OCc2ccccc2)C1O. The molecule has 0 spiro atoms. The maximum absolute atomic E-state index is 11.4. The third-order valence-electron chi connectivity index (χ3n) is 6.39. The fourth-order valence-corrected chi connectivity index (χ4v) is 4.32. The van der Waals surface area contributed by atoms with Gasteiger partial charge in [-0.2, -0.15) is 0 Å². The second-order valence-corrected chi connectivity index (χ2v) is 9.32. The lowest BCUT2D eigenvalue weighted by Crippen LogP contribution is -2.61. The van der Waals surface area contributed by atoms with Crippen molar-refractivity contribution in [2.24, 2.45) is 0 Å². The molecule has 8 heteroatoms. The summed E-state index contributed by atoms with van der Waals surface area (Å²) in [6, 6.07) is 29.3. The van der Waals surface area contributed by atoms with E-state index in [1.54, 1.807) is 0 Å². The molecule has 0 amide bonds. The normalized spacial score (nSPS) is 22.8. The van der Waals surface area contributed by atoms with Crippen LogP contribution < -0.4 is 0 Å². The van der Waals surface area contributed by atoms with E-state index in [0.29, 0.717) is 13.2 Å².